The van der Waals surface area contributed by atoms with E-state index in [9.17, 15) is 0 Å². The molecule has 0 saturated heterocycles. The van der Waals surface area contributed by atoms with E-state index in [0.29, 0.717) is 5.92 Å². The van der Waals surface area contributed by atoms with Crippen LogP contribution in [-0.4, -0.2) is 9.97 Å². The Bertz CT molecular complexity index is 532. The van der Waals surface area contributed by atoms with E-state index in [1.165, 1.54) is 23.9 Å². The van der Waals surface area contributed by atoms with Crippen molar-refractivity contribution in [1.82, 2.24) is 9.97 Å². The zero-order valence-corrected chi connectivity index (χ0v) is 10.1. The van der Waals surface area contributed by atoms with Gasteiger partial charge in [0, 0.05) is 15.8 Å². The Labute approximate surface area is 96.9 Å². The number of hydrogen-bond donors (Lipinski definition) is 0. The van der Waals surface area contributed by atoms with Crippen molar-refractivity contribution < 1.29 is 0 Å². The van der Waals surface area contributed by atoms with E-state index < -0.39 is 0 Å². The highest BCUT2D eigenvalue weighted by Gasteiger charge is 2.27. The highest BCUT2D eigenvalue weighted by molar-refractivity contribution is 9.10. The van der Waals surface area contributed by atoms with Gasteiger partial charge in [-0.15, -0.1) is 0 Å². The molecule has 1 heterocycles. The molecule has 1 aliphatic rings. The Morgan fingerprint density at radius 3 is 2.80 bits per heavy atom. The maximum Gasteiger partial charge on any atom is 0.126 e. The average Bonchev–Trinajstić information content (AvgIpc) is 3.02. The van der Waals surface area contributed by atoms with Crippen LogP contribution in [0.25, 0.3) is 10.9 Å². The molecule has 1 saturated carbocycles. The zero-order chi connectivity index (χ0) is 10.4. The number of rotatable bonds is 1. The summed E-state index contributed by atoms with van der Waals surface area (Å²) in [6.45, 7) is 1.96. The van der Waals surface area contributed by atoms with Crippen LogP contribution in [0.3, 0.4) is 0 Å². The molecule has 0 unspecified atom stereocenters. The number of aryl methyl sites for hydroxylation is 1. The van der Waals surface area contributed by atoms with Crippen LogP contribution >= 0.6 is 15.9 Å². The van der Waals surface area contributed by atoms with Gasteiger partial charge >= 0.3 is 0 Å². The van der Waals surface area contributed by atoms with E-state index in [0.717, 1.165) is 15.8 Å². The van der Waals surface area contributed by atoms with Crippen LogP contribution in [0, 0.1) is 6.92 Å². The van der Waals surface area contributed by atoms with Gasteiger partial charge in [-0.25, -0.2) is 9.97 Å². The third-order valence-corrected chi connectivity index (χ3v) is 3.42. The highest BCUT2D eigenvalue weighted by atomic mass is 79.9. The summed E-state index contributed by atoms with van der Waals surface area (Å²) in [5.41, 5.74) is 2.28. The molecule has 2 nitrogen and oxygen atoms in total. The third-order valence-electron chi connectivity index (χ3n) is 2.78. The van der Waals surface area contributed by atoms with E-state index in [1.54, 1.807) is 0 Å². The largest absolute Gasteiger partial charge is 0.237 e. The maximum atomic E-state index is 4.57. The van der Waals surface area contributed by atoms with E-state index in [-0.39, 0.29) is 0 Å². The second-order valence-corrected chi connectivity index (χ2v) is 4.92. The molecule has 0 bridgehead atoms. The summed E-state index contributed by atoms with van der Waals surface area (Å²) in [7, 11) is 0. The fraction of sp³-hybridized carbons (Fsp3) is 0.333. The van der Waals surface area contributed by atoms with Crippen molar-refractivity contribution in [1.29, 1.82) is 0 Å². The Kier molecular flexibility index (Phi) is 2.02. The Hall–Kier alpha value is -0.960. The Balaban J connectivity index is 2.38. The smallest absolute Gasteiger partial charge is 0.126 e. The lowest BCUT2D eigenvalue weighted by atomic mass is 10.1. The summed E-state index contributed by atoms with van der Waals surface area (Å²) in [5.74, 6) is 1.54. The van der Waals surface area contributed by atoms with Gasteiger partial charge in [-0.2, -0.15) is 0 Å². The quantitative estimate of drug-likeness (QED) is 0.785. The molecule has 0 spiro atoms. The topological polar surface area (TPSA) is 25.8 Å². The first kappa shape index (κ1) is 9.28. The van der Waals surface area contributed by atoms with Crippen molar-refractivity contribution in [3.63, 3.8) is 0 Å². The minimum atomic E-state index is 0.670. The second kappa shape index (κ2) is 3.27. The first-order chi connectivity index (χ1) is 7.25. The maximum absolute atomic E-state index is 4.57. The molecule has 0 N–H and O–H groups in total. The van der Waals surface area contributed by atoms with Crippen molar-refractivity contribution in [3.05, 3.63) is 34.2 Å². The van der Waals surface area contributed by atoms with Gasteiger partial charge in [0.05, 0.1) is 11.2 Å². The number of benzene rings is 1. The van der Waals surface area contributed by atoms with Crippen LogP contribution in [0.1, 0.15) is 30.3 Å². The molecule has 2 aromatic rings. The summed E-state index contributed by atoms with van der Waals surface area (Å²) < 4.78 is 1.06. The van der Waals surface area contributed by atoms with Gasteiger partial charge in [-0.05, 0) is 41.8 Å². The SMILES string of the molecule is Cc1nc(C2CC2)c2cccc(Br)c2n1. The average molecular weight is 263 g/mol. The minimum Gasteiger partial charge on any atom is -0.237 e. The second-order valence-electron chi connectivity index (χ2n) is 4.07. The molecule has 0 radical (unpaired) electrons. The zero-order valence-electron chi connectivity index (χ0n) is 8.50. The number of fused-ring (bicyclic) bond motifs is 1. The van der Waals surface area contributed by atoms with Crippen LogP contribution in [0.5, 0.6) is 0 Å². The van der Waals surface area contributed by atoms with Gasteiger partial charge in [0.1, 0.15) is 5.82 Å². The van der Waals surface area contributed by atoms with E-state index in [1.807, 2.05) is 13.0 Å². The summed E-state index contributed by atoms with van der Waals surface area (Å²) >= 11 is 3.54. The van der Waals surface area contributed by atoms with Crippen molar-refractivity contribution in [2.75, 3.05) is 0 Å². The molecule has 0 amide bonds. The molecule has 3 heteroatoms. The lowest BCUT2D eigenvalue weighted by molar-refractivity contribution is 0.971. The molecule has 3 rings (SSSR count). The molecule has 15 heavy (non-hydrogen) atoms. The predicted octanol–water partition coefficient (Wildman–Crippen LogP) is 3.58. The van der Waals surface area contributed by atoms with Gasteiger partial charge in [0.15, 0.2) is 0 Å². The summed E-state index contributed by atoms with van der Waals surface area (Å²) in [4.78, 5) is 9.06. The molecule has 1 aromatic carbocycles. The number of nitrogens with zero attached hydrogens (tertiary/aromatic N) is 2. The van der Waals surface area contributed by atoms with Gasteiger partial charge in [-0.1, -0.05) is 12.1 Å². The number of para-hydroxylation sites is 1. The van der Waals surface area contributed by atoms with E-state index in [4.69, 9.17) is 0 Å². The fourth-order valence-corrected chi connectivity index (χ4v) is 2.38. The molecular weight excluding hydrogens is 252 g/mol. The first-order valence-electron chi connectivity index (χ1n) is 5.18. The monoisotopic (exact) mass is 262 g/mol. The normalized spacial score (nSPS) is 15.9. The highest BCUT2D eigenvalue weighted by Crippen LogP contribution is 2.42. The van der Waals surface area contributed by atoms with Crippen LogP contribution in [0.15, 0.2) is 22.7 Å². The van der Waals surface area contributed by atoms with Crippen molar-refractivity contribution in [2.45, 2.75) is 25.7 Å². The van der Waals surface area contributed by atoms with Gasteiger partial charge in [0.2, 0.25) is 0 Å². The predicted molar refractivity (Wildman–Crippen MR) is 64.0 cm³/mol. The molecule has 1 aromatic heterocycles. The number of aromatic nitrogens is 2. The van der Waals surface area contributed by atoms with Crippen molar-refractivity contribution in [2.24, 2.45) is 0 Å². The lowest BCUT2D eigenvalue weighted by Gasteiger charge is -2.06. The molecule has 1 aliphatic carbocycles. The van der Waals surface area contributed by atoms with Crippen LogP contribution < -0.4 is 0 Å². The third kappa shape index (κ3) is 1.55. The molecule has 0 aliphatic heterocycles. The van der Waals surface area contributed by atoms with Crippen molar-refractivity contribution in [3.8, 4) is 0 Å². The number of hydrogen-bond acceptors (Lipinski definition) is 2. The fourth-order valence-electron chi connectivity index (χ4n) is 1.92. The minimum absolute atomic E-state index is 0.670. The van der Waals surface area contributed by atoms with Crippen LogP contribution in [0.2, 0.25) is 0 Å². The molecule has 0 atom stereocenters. The van der Waals surface area contributed by atoms with Crippen molar-refractivity contribution >= 4 is 26.8 Å². The van der Waals surface area contributed by atoms with Gasteiger partial charge < -0.3 is 0 Å². The van der Waals surface area contributed by atoms with E-state index in [2.05, 4.69) is 38.0 Å². The Morgan fingerprint density at radius 2 is 2.07 bits per heavy atom. The van der Waals surface area contributed by atoms with E-state index >= 15 is 0 Å². The van der Waals surface area contributed by atoms with Gasteiger partial charge in [-0.3, -0.25) is 0 Å². The summed E-state index contributed by atoms with van der Waals surface area (Å²) in [5, 5.41) is 1.21. The molecular formula is C12H11BrN2. The molecule has 76 valence electrons. The standard InChI is InChI=1S/C12H11BrN2/c1-7-14-11(8-5-6-8)9-3-2-4-10(13)12(9)15-7/h2-4,8H,5-6H2,1H3. The summed E-state index contributed by atoms with van der Waals surface area (Å²) in [6, 6.07) is 6.20. The molecule has 1 fully saturated rings. The first-order valence-corrected chi connectivity index (χ1v) is 5.98. The summed E-state index contributed by atoms with van der Waals surface area (Å²) in [6.07, 6.45) is 2.55. The Morgan fingerprint density at radius 1 is 1.27 bits per heavy atom. The van der Waals surface area contributed by atoms with Crippen LogP contribution in [0.4, 0.5) is 0 Å². The van der Waals surface area contributed by atoms with Crippen LogP contribution in [-0.2, 0) is 0 Å². The number of halogens is 1. The lowest BCUT2D eigenvalue weighted by Crippen LogP contribution is -1.96. The van der Waals surface area contributed by atoms with Gasteiger partial charge in [0.25, 0.3) is 0 Å².